The minimum atomic E-state index is -0.320. The van der Waals surface area contributed by atoms with Crippen LogP contribution in [0.2, 0.25) is 0 Å². The molecule has 0 aliphatic rings. The van der Waals surface area contributed by atoms with Crippen molar-refractivity contribution in [1.29, 1.82) is 0 Å². The summed E-state index contributed by atoms with van der Waals surface area (Å²) in [5, 5.41) is 8.39. The van der Waals surface area contributed by atoms with Crippen LogP contribution in [0.5, 0.6) is 0 Å². The third kappa shape index (κ3) is 6.40. The number of anilines is 1. The van der Waals surface area contributed by atoms with Gasteiger partial charge in [0, 0.05) is 45.7 Å². The Morgan fingerprint density at radius 2 is 1.59 bits per heavy atom. The molecule has 3 rings (SSSR count). The van der Waals surface area contributed by atoms with Crippen molar-refractivity contribution < 1.29 is 9.59 Å². The van der Waals surface area contributed by atoms with E-state index in [0.717, 1.165) is 20.1 Å². The number of rotatable bonds is 6. The van der Waals surface area contributed by atoms with E-state index in [1.165, 1.54) is 0 Å². The van der Waals surface area contributed by atoms with E-state index in [0.29, 0.717) is 24.3 Å². The molecule has 0 unspecified atom stereocenters. The molecule has 148 valence electrons. The molecule has 0 aliphatic heterocycles. The van der Waals surface area contributed by atoms with Gasteiger partial charge in [-0.2, -0.15) is 0 Å². The SMILES string of the molecule is O=C(NCc1ccncc1)Nc1ccc(C(=O)NCc2ccc(Br)cc2Br)cc1. The zero-order valence-electron chi connectivity index (χ0n) is 15.3. The second-order valence-corrected chi connectivity index (χ2v) is 7.93. The molecule has 2 aromatic carbocycles. The van der Waals surface area contributed by atoms with Crippen LogP contribution < -0.4 is 16.0 Å². The maximum atomic E-state index is 12.3. The Morgan fingerprint density at radius 1 is 0.862 bits per heavy atom. The molecule has 29 heavy (non-hydrogen) atoms. The van der Waals surface area contributed by atoms with Crippen LogP contribution in [0.15, 0.2) is 75.9 Å². The topological polar surface area (TPSA) is 83.1 Å². The number of nitrogens with one attached hydrogen (secondary N) is 3. The zero-order chi connectivity index (χ0) is 20.6. The van der Waals surface area contributed by atoms with Gasteiger partial charge < -0.3 is 16.0 Å². The van der Waals surface area contributed by atoms with Gasteiger partial charge in [-0.05, 0) is 59.7 Å². The summed E-state index contributed by atoms with van der Waals surface area (Å²) in [5.74, 6) is -0.187. The van der Waals surface area contributed by atoms with Crippen LogP contribution in [0.3, 0.4) is 0 Å². The fourth-order valence-corrected chi connectivity index (χ4v) is 3.69. The maximum absolute atomic E-state index is 12.3. The number of carbonyl (C=O) groups is 2. The molecule has 0 aliphatic carbocycles. The number of urea groups is 1. The molecule has 0 radical (unpaired) electrons. The highest BCUT2D eigenvalue weighted by atomic mass is 79.9. The molecule has 0 spiro atoms. The van der Waals surface area contributed by atoms with E-state index < -0.39 is 0 Å². The number of aromatic nitrogens is 1. The Hall–Kier alpha value is -2.71. The van der Waals surface area contributed by atoms with Gasteiger partial charge in [-0.1, -0.05) is 37.9 Å². The maximum Gasteiger partial charge on any atom is 0.319 e. The van der Waals surface area contributed by atoms with Crippen molar-refractivity contribution in [3.8, 4) is 0 Å². The Kier molecular flexibility index (Phi) is 7.37. The van der Waals surface area contributed by atoms with Crippen molar-refractivity contribution >= 4 is 49.5 Å². The van der Waals surface area contributed by atoms with Gasteiger partial charge >= 0.3 is 6.03 Å². The van der Waals surface area contributed by atoms with Crippen LogP contribution in [0, 0.1) is 0 Å². The molecule has 3 amide bonds. The molecule has 3 aromatic rings. The minimum Gasteiger partial charge on any atom is -0.348 e. The largest absolute Gasteiger partial charge is 0.348 e. The lowest BCUT2D eigenvalue weighted by Gasteiger charge is -2.10. The quantitative estimate of drug-likeness (QED) is 0.436. The normalized spacial score (nSPS) is 10.3. The van der Waals surface area contributed by atoms with Crippen molar-refractivity contribution in [3.63, 3.8) is 0 Å². The summed E-state index contributed by atoms with van der Waals surface area (Å²) in [5.41, 5.74) is 3.05. The summed E-state index contributed by atoms with van der Waals surface area (Å²) in [6, 6.07) is 15.9. The number of hydrogen-bond donors (Lipinski definition) is 3. The average molecular weight is 518 g/mol. The van der Waals surface area contributed by atoms with Crippen molar-refractivity contribution in [1.82, 2.24) is 15.6 Å². The Balaban J connectivity index is 1.49. The lowest BCUT2D eigenvalue weighted by atomic mass is 10.1. The molecule has 0 saturated heterocycles. The third-order valence-corrected chi connectivity index (χ3v) is 5.29. The first-order valence-corrected chi connectivity index (χ1v) is 10.4. The number of nitrogens with zero attached hydrogens (tertiary/aromatic N) is 1. The first kappa shape index (κ1) is 21.0. The number of carbonyl (C=O) groups excluding carboxylic acids is 2. The summed E-state index contributed by atoms with van der Waals surface area (Å²) >= 11 is 6.89. The highest BCUT2D eigenvalue weighted by Crippen LogP contribution is 2.22. The van der Waals surface area contributed by atoms with E-state index in [2.05, 4.69) is 52.8 Å². The van der Waals surface area contributed by atoms with Crippen LogP contribution in [-0.4, -0.2) is 16.9 Å². The van der Waals surface area contributed by atoms with Crippen molar-refractivity contribution in [2.24, 2.45) is 0 Å². The van der Waals surface area contributed by atoms with Crippen molar-refractivity contribution in [2.75, 3.05) is 5.32 Å². The van der Waals surface area contributed by atoms with Crippen molar-refractivity contribution in [2.45, 2.75) is 13.1 Å². The Bertz CT molecular complexity index is 995. The molecule has 3 N–H and O–H groups in total. The van der Waals surface area contributed by atoms with Gasteiger partial charge in [-0.15, -0.1) is 0 Å². The molecule has 1 heterocycles. The van der Waals surface area contributed by atoms with Gasteiger partial charge in [-0.25, -0.2) is 4.79 Å². The van der Waals surface area contributed by atoms with Crippen LogP contribution in [0.1, 0.15) is 21.5 Å². The fraction of sp³-hybridized carbons (Fsp3) is 0.0952. The van der Waals surface area contributed by atoms with Crippen LogP contribution >= 0.6 is 31.9 Å². The van der Waals surface area contributed by atoms with E-state index in [4.69, 9.17) is 0 Å². The van der Waals surface area contributed by atoms with E-state index >= 15 is 0 Å². The summed E-state index contributed by atoms with van der Waals surface area (Å²) < 4.78 is 1.89. The summed E-state index contributed by atoms with van der Waals surface area (Å²) in [4.78, 5) is 28.3. The minimum absolute atomic E-state index is 0.187. The highest BCUT2D eigenvalue weighted by Gasteiger charge is 2.08. The number of halogens is 2. The van der Waals surface area contributed by atoms with Gasteiger partial charge in [0.15, 0.2) is 0 Å². The van der Waals surface area contributed by atoms with Crippen molar-refractivity contribution in [3.05, 3.63) is 92.6 Å². The van der Waals surface area contributed by atoms with Gasteiger partial charge in [0.1, 0.15) is 0 Å². The number of hydrogen-bond acceptors (Lipinski definition) is 3. The summed E-state index contributed by atoms with van der Waals surface area (Å²) in [6.07, 6.45) is 3.35. The predicted octanol–water partition coefficient (Wildman–Crippen LogP) is 4.86. The van der Waals surface area contributed by atoms with E-state index in [-0.39, 0.29) is 11.9 Å². The molecule has 0 saturated carbocycles. The average Bonchev–Trinajstić information content (AvgIpc) is 2.73. The smallest absolute Gasteiger partial charge is 0.319 e. The summed E-state index contributed by atoms with van der Waals surface area (Å²) in [7, 11) is 0. The van der Waals surface area contributed by atoms with E-state index in [9.17, 15) is 9.59 Å². The fourth-order valence-electron chi connectivity index (χ4n) is 2.51. The number of benzene rings is 2. The Labute approximate surface area is 185 Å². The molecule has 6 nitrogen and oxygen atoms in total. The number of pyridine rings is 1. The highest BCUT2D eigenvalue weighted by molar-refractivity contribution is 9.11. The lowest BCUT2D eigenvalue weighted by Crippen LogP contribution is -2.28. The van der Waals surface area contributed by atoms with Gasteiger partial charge in [0.05, 0.1) is 0 Å². The third-order valence-electron chi connectivity index (χ3n) is 4.06. The molecule has 0 bridgehead atoms. The second kappa shape index (κ2) is 10.2. The van der Waals surface area contributed by atoms with Gasteiger partial charge in [0.25, 0.3) is 5.91 Å². The number of amides is 3. The Morgan fingerprint density at radius 3 is 2.28 bits per heavy atom. The first-order valence-electron chi connectivity index (χ1n) is 8.77. The molecule has 1 aromatic heterocycles. The molecular weight excluding hydrogens is 500 g/mol. The molecule has 0 fully saturated rings. The molecular formula is C21H18Br2N4O2. The lowest BCUT2D eigenvalue weighted by molar-refractivity contribution is 0.0951. The summed E-state index contributed by atoms with van der Waals surface area (Å²) in [6.45, 7) is 0.810. The monoisotopic (exact) mass is 516 g/mol. The first-order chi connectivity index (χ1) is 14.0. The molecule has 8 heteroatoms. The van der Waals surface area contributed by atoms with Crippen LogP contribution in [-0.2, 0) is 13.1 Å². The zero-order valence-corrected chi connectivity index (χ0v) is 18.5. The van der Waals surface area contributed by atoms with E-state index in [1.807, 2.05) is 30.3 Å². The van der Waals surface area contributed by atoms with Gasteiger partial charge in [-0.3, -0.25) is 9.78 Å². The van der Waals surface area contributed by atoms with Gasteiger partial charge in [0.2, 0.25) is 0 Å². The second-order valence-electron chi connectivity index (χ2n) is 6.16. The predicted molar refractivity (Wildman–Crippen MR) is 120 cm³/mol. The van der Waals surface area contributed by atoms with Crippen LogP contribution in [0.4, 0.5) is 10.5 Å². The standard InChI is InChI=1S/C21H18Br2N4O2/c22-17-4-1-16(19(23)11-17)13-25-20(28)15-2-5-18(6-3-15)27-21(29)26-12-14-7-9-24-10-8-14/h1-11H,12-13H2,(H,25,28)(H2,26,27,29). The molecule has 0 atom stereocenters. The van der Waals surface area contributed by atoms with E-state index in [1.54, 1.807) is 36.7 Å². The van der Waals surface area contributed by atoms with Crippen LogP contribution in [0.25, 0.3) is 0 Å².